The van der Waals surface area contributed by atoms with Crippen LogP contribution in [-0.2, 0) is 61.4 Å². The smallest absolute Gasteiger partial charge is 0.329 e. The van der Waals surface area contributed by atoms with Crippen LogP contribution >= 0.6 is 8.60 Å². The van der Waals surface area contributed by atoms with Crippen molar-refractivity contribution in [3.63, 3.8) is 0 Å². The molecular weight excluding hydrogens is 581 g/mol. The van der Waals surface area contributed by atoms with Crippen LogP contribution in [0, 0.1) is 5.92 Å². The second kappa shape index (κ2) is 18.6. The molecule has 42 heavy (non-hydrogen) atoms. The van der Waals surface area contributed by atoms with Crippen molar-refractivity contribution in [2.24, 2.45) is 5.92 Å². The van der Waals surface area contributed by atoms with Crippen molar-refractivity contribution in [1.82, 2.24) is 5.32 Å². The van der Waals surface area contributed by atoms with Crippen LogP contribution in [0.25, 0.3) is 0 Å². The third-order valence-corrected chi connectivity index (χ3v) is 7.50. The van der Waals surface area contributed by atoms with Crippen LogP contribution < -0.4 is 5.32 Å². The Balaban J connectivity index is 1.86. The fourth-order valence-electron chi connectivity index (χ4n) is 5.09. The number of methoxy groups -OCH3 is 2. The standard InChI is InChI=1S/C26H44NO14P/c1-15(28)37-14-21-26(39-17(3)30)20(38-16(2)29)12-23(40-21)36-10-8-7-9-22(31)27-19-11-18(13-33-4)24(25(19)34-5)41-42(32)35-6/h18-21,23-26,32H,7-14H2,1-6H3,(H,27,31)/t18?,19-,20?,21?,23?,24?,25?,26?,42?/m0/s1. The molecule has 1 heterocycles. The summed E-state index contributed by atoms with van der Waals surface area (Å²) >= 11 is 0. The van der Waals surface area contributed by atoms with E-state index in [2.05, 4.69) is 5.32 Å². The fourth-order valence-corrected chi connectivity index (χ4v) is 5.67. The van der Waals surface area contributed by atoms with Crippen molar-refractivity contribution in [2.45, 2.75) is 95.7 Å². The molecule has 0 aromatic carbocycles. The van der Waals surface area contributed by atoms with Gasteiger partial charge in [-0.3, -0.25) is 19.2 Å². The molecule has 1 aliphatic heterocycles. The molecule has 2 N–H and O–H groups in total. The van der Waals surface area contributed by atoms with E-state index in [1.165, 1.54) is 35.0 Å². The molecule has 0 radical (unpaired) electrons. The van der Waals surface area contributed by atoms with Crippen molar-refractivity contribution in [1.29, 1.82) is 0 Å². The number of carbonyl (C=O) groups excluding carboxylic acids is 4. The summed E-state index contributed by atoms with van der Waals surface area (Å²) < 4.78 is 48.8. The zero-order valence-electron chi connectivity index (χ0n) is 25.0. The molecule has 2 aliphatic rings. The van der Waals surface area contributed by atoms with Gasteiger partial charge in [0.15, 0.2) is 12.4 Å². The van der Waals surface area contributed by atoms with Gasteiger partial charge in [0.2, 0.25) is 5.91 Å². The molecule has 1 amide bonds. The lowest BCUT2D eigenvalue weighted by Crippen LogP contribution is -2.54. The number of nitrogens with one attached hydrogen (secondary N) is 1. The van der Waals surface area contributed by atoms with Crippen LogP contribution in [0.5, 0.6) is 0 Å². The monoisotopic (exact) mass is 625 g/mol. The molecule has 8 unspecified atom stereocenters. The lowest BCUT2D eigenvalue weighted by atomic mass is 10.0. The van der Waals surface area contributed by atoms with Gasteiger partial charge in [-0.1, -0.05) is 0 Å². The van der Waals surface area contributed by atoms with E-state index in [4.69, 9.17) is 42.2 Å². The second-order valence-electron chi connectivity index (χ2n) is 10.0. The Morgan fingerprint density at radius 3 is 2.21 bits per heavy atom. The van der Waals surface area contributed by atoms with E-state index < -0.39 is 63.3 Å². The Hall–Kier alpha value is -1.97. The Morgan fingerprint density at radius 2 is 1.62 bits per heavy atom. The van der Waals surface area contributed by atoms with Gasteiger partial charge in [-0.05, 0) is 19.3 Å². The number of unbranched alkanes of at least 4 members (excludes halogenated alkanes) is 1. The van der Waals surface area contributed by atoms with Gasteiger partial charge in [-0.25, -0.2) is 0 Å². The molecule has 16 heteroatoms. The fraction of sp³-hybridized carbons (Fsp3) is 0.846. The highest BCUT2D eigenvalue weighted by molar-refractivity contribution is 7.40. The molecule has 0 aromatic rings. The number of hydrogen-bond acceptors (Lipinski definition) is 14. The molecule has 9 atom stereocenters. The number of ether oxygens (including phenoxy) is 7. The average Bonchev–Trinajstić information content (AvgIpc) is 3.23. The van der Waals surface area contributed by atoms with E-state index in [-0.39, 0.29) is 43.9 Å². The summed E-state index contributed by atoms with van der Waals surface area (Å²) in [6, 6.07) is -0.336. The number of hydrogen-bond donors (Lipinski definition) is 2. The topological polar surface area (TPSA) is 184 Å². The van der Waals surface area contributed by atoms with Gasteiger partial charge in [0.05, 0.1) is 18.8 Å². The van der Waals surface area contributed by atoms with Crippen LogP contribution in [0.2, 0.25) is 0 Å². The SMILES string of the molecule is COCC1C[C@H](NC(=O)CCCCOC2CC(OC(C)=O)C(OC(C)=O)C(COC(C)=O)O2)C(OC)C1OP(O)OC. The number of amides is 1. The Labute approximate surface area is 247 Å². The number of rotatable bonds is 17. The van der Waals surface area contributed by atoms with Gasteiger partial charge in [-0.2, -0.15) is 0 Å². The highest BCUT2D eigenvalue weighted by Gasteiger charge is 2.47. The van der Waals surface area contributed by atoms with Gasteiger partial charge in [-0.15, -0.1) is 0 Å². The molecule has 1 aliphatic carbocycles. The molecule has 0 spiro atoms. The molecule has 0 aromatic heterocycles. The quantitative estimate of drug-likeness (QED) is 0.101. The third kappa shape index (κ3) is 12.0. The molecule has 242 valence electrons. The molecular formula is C26H44NO14P. The zero-order chi connectivity index (χ0) is 31.2. The van der Waals surface area contributed by atoms with Crippen LogP contribution in [0.15, 0.2) is 0 Å². The zero-order valence-corrected chi connectivity index (χ0v) is 25.9. The highest BCUT2D eigenvalue weighted by atomic mass is 31.2. The first-order chi connectivity index (χ1) is 20.0. The van der Waals surface area contributed by atoms with Gasteiger partial charge in [0.1, 0.15) is 24.9 Å². The van der Waals surface area contributed by atoms with Crippen LogP contribution in [0.4, 0.5) is 0 Å². The van der Waals surface area contributed by atoms with Crippen molar-refractivity contribution in [2.75, 3.05) is 41.2 Å². The molecule has 15 nitrogen and oxygen atoms in total. The summed E-state index contributed by atoms with van der Waals surface area (Å²) in [6.45, 7) is 4.05. The predicted octanol–water partition coefficient (Wildman–Crippen LogP) is 1.13. The van der Waals surface area contributed by atoms with Gasteiger partial charge < -0.3 is 52.4 Å². The molecule has 0 bridgehead atoms. The van der Waals surface area contributed by atoms with E-state index in [1.807, 2.05) is 0 Å². The van der Waals surface area contributed by atoms with Gasteiger partial charge >= 0.3 is 26.5 Å². The third-order valence-electron chi connectivity index (χ3n) is 6.77. The van der Waals surface area contributed by atoms with Crippen molar-refractivity contribution in [3.8, 4) is 0 Å². The summed E-state index contributed by atoms with van der Waals surface area (Å²) in [5.74, 6) is -2.01. The summed E-state index contributed by atoms with van der Waals surface area (Å²) in [7, 11) is 2.35. The second-order valence-corrected chi connectivity index (χ2v) is 11.1. The van der Waals surface area contributed by atoms with E-state index in [9.17, 15) is 24.1 Å². The van der Waals surface area contributed by atoms with E-state index in [1.54, 1.807) is 7.11 Å². The average molecular weight is 626 g/mol. The Morgan fingerprint density at radius 1 is 0.905 bits per heavy atom. The minimum Gasteiger partial charge on any atom is -0.463 e. The van der Waals surface area contributed by atoms with Crippen molar-refractivity contribution < 1.29 is 66.3 Å². The van der Waals surface area contributed by atoms with Gasteiger partial charge in [0, 0.05) is 67.5 Å². The summed E-state index contributed by atoms with van der Waals surface area (Å²) in [4.78, 5) is 57.2. The van der Waals surface area contributed by atoms with Crippen molar-refractivity contribution in [3.05, 3.63) is 0 Å². The predicted molar refractivity (Wildman–Crippen MR) is 145 cm³/mol. The normalized spacial score (nSPS) is 29.9. The minimum absolute atomic E-state index is 0.0969. The first-order valence-electron chi connectivity index (χ1n) is 13.7. The van der Waals surface area contributed by atoms with E-state index in [0.717, 1.165) is 0 Å². The minimum atomic E-state index is -2.08. The molecule has 2 rings (SSSR count). The Bertz CT molecular complexity index is 878. The summed E-state index contributed by atoms with van der Waals surface area (Å²) in [5, 5.41) is 2.99. The molecule has 1 saturated heterocycles. The maximum absolute atomic E-state index is 12.7. The van der Waals surface area contributed by atoms with Gasteiger partial charge in [0.25, 0.3) is 0 Å². The van der Waals surface area contributed by atoms with E-state index in [0.29, 0.717) is 25.9 Å². The number of esters is 3. The highest BCUT2D eigenvalue weighted by Crippen LogP contribution is 2.41. The van der Waals surface area contributed by atoms with Crippen LogP contribution in [0.1, 0.15) is 52.9 Å². The lowest BCUT2D eigenvalue weighted by molar-refractivity contribution is -0.266. The first kappa shape index (κ1) is 36.2. The number of carbonyl (C=O) groups is 4. The maximum Gasteiger partial charge on any atom is 0.329 e. The molecule has 2 fully saturated rings. The van der Waals surface area contributed by atoms with Crippen molar-refractivity contribution >= 4 is 32.4 Å². The largest absolute Gasteiger partial charge is 0.463 e. The van der Waals surface area contributed by atoms with Crippen LogP contribution in [-0.4, -0.2) is 113 Å². The molecule has 1 saturated carbocycles. The lowest BCUT2D eigenvalue weighted by Gasteiger charge is -2.39. The van der Waals surface area contributed by atoms with Crippen LogP contribution in [0.3, 0.4) is 0 Å². The Kier molecular flexibility index (Phi) is 16.1. The summed E-state index contributed by atoms with van der Waals surface area (Å²) in [6.07, 6.45) is -2.68. The van der Waals surface area contributed by atoms with E-state index >= 15 is 0 Å². The first-order valence-corrected chi connectivity index (χ1v) is 14.9. The maximum atomic E-state index is 12.7. The summed E-state index contributed by atoms with van der Waals surface area (Å²) in [5.41, 5.74) is 0.